The van der Waals surface area contributed by atoms with E-state index in [4.69, 9.17) is 16.0 Å². The summed E-state index contributed by atoms with van der Waals surface area (Å²) in [5, 5.41) is 0.947. The van der Waals surface area contributed by atoms with E-state index in [-0.39, 0.29) is 35.7 Å². The van der Waals surface area contributed by atoms with Gasteiger partial charge >= 0.3 is 0 Å². The number of aryl methyl sites for hydroxylation is 1. The fourth-order valence-corrected chi connectivity index (χ4v) is 6.35. The van der Waals surface area contributed by atoms with E-state index >= 15 is 0 Å². The lowest BCUT2D eigenvalue weighted by molar-refractivity contribution is -0.126. The van der Waals surface area contributed by atoms with Crippen LogP contribution in [0.3, 0.4) is 0 Å². The van der Waals surface area contributed by atoms with E-state index in [1.54, 1.807) is 34.1 Å². The lowest BCUT2D eigenvalue weighted by Crippen LogP contribution is -2.53. The Hall–Kier alpha value is -4.68. The summed E-state index contributed by atoms with van der Waals surface area (Å²) in [7, 11) is 0. The second kappa shape index (κ2) is 9.46. The predicted octanol–water partition coefficient (Wildman–Crippen LogP) is 6.24. The number of benzene rings is 4. The molecule has 5 aromatic rings. The van der Waals surface area contributed by atoms with E-state index < -0.39 is 11.4 Å². The molecule has 6 nitrogen and oxygen atoms in total. The highest BCUT2D eigenvalue weighted by Gasteiger charge is 2.64. The summed E-state index contributed by atoms with van der Waals surface area (Å²) in [5.41, 5.74) is 2.42. The van der Waals surface area contributed by atoms with Crippen LogP contribution in [-0.2, 0) is 23.3 Å². The Morgan fingerprint density at radius 1 is 0.829 bits per heavy atom. The number of rotatable bonds is 5. The molecule has 0 radical (unpaired) electrons. The molecule has 0 fully saturated rings. The molecule has 0 bridgehead atoms. The molecule has 0 aliphatic carbocycles. The Morgan fingerprint density at radius 3 is 2.34 bits per heavy atom. The molecule has 0 N–H and O–H groups in total. The third-order valence-electron chi connectivity index (χ3n) is 8.11. The normalized spacial score (nSPS) is 17.5. The first kappa shape index (κ1) is 25.3. The largest absolute Gasteiger partial charge is 0.450 e. The fourth-order valence-electron chi connectivity index (χ4n) is 6.22. The Labute approximate surface area is 241 Å². The van der Waals surface area contributed by atoms with Gasteiger partial charge in [-0.05, 0) is 54.8 Å². The van der Waals surface area contributed by atoms with Gasteiger partial charge in [0.1, 0.15) is 5.58 Å². The monoisotopic (exact) mass is 560 g/mol. The van der Waals surface area contributed by atoms with E-state index in [0.29, 0.717) is 33.7 Å². The number of amides is 2. The van der Waals surface area contributed by atoms with Gasteiger partial charge in [0.25, 0.3) is 11.8 Å². The summed E-state index contributed by atoms with van der Waals surface area (Å²) in [6.45, 7) is 2.36. The van der Waals surface area contributed by atoms with Crippen molar-refractivity contribution in [3.8, 4) is 0 Å². The van der Waals surface area contributed by atoms with Crippen molar-refractivity contribution in [2.75, 3.05) is 11.4 Å². The molecule has 1 unspecified atom stereocenters. The maximum Gasteiger partial charge on any atom is 0.291 e. The SMILES string of the molecule is Cc1ccc2oc3c(c(=O)c2c1)C1(C(=O)N(Cc2ccc(Cl)cc2)c2ccccc21)N(CCc1ccccc1)C3=O. The van der Waals surface area contributed by atoms with Gasteiger partial charge in [0.05, 0.1) is 23.2 Å². The van der Waals surface area contributed by atoms with Crippen molar-refractivity contribution in [2.45, 2.75) is 25.4 Å². The van der Waals surface area contributed by atoms with E-state index in [1.165, 1.54) is 0 Å². The van der Waals surface area contributed by atoms with Gasteiger partial charge in [0, 0.05) is 17.1 Å². The summed E-state index contributed by atoms with van der Waals surface area (Å²) in [5.74, 6) is -0.893. The van der Waals surface area contributed by atoms with Crippen LogP contribution in [0.4, 0.5) is 5.69 Å². The van der Waals surface area contributed by atoms with Gasteiger partial charge in [0.15, 0.2) is 11.0 Å². The summed E-state index contributed by atoms with van der Waals surface area (Å²) >= 11 is 6.12. The highest BCUT2D eigenvalue weighted by atomic mass is 35.5. The van der Waals surface area contributed by atoms with Crippen molar-refractivity contribution < 1.29 is 14.0 Å². The molecular weight excluding hydrogens is 536 g/mol. The molecule has 7 heteroatoms. The molecule has 1 aromatic heterocycles. The summed E-state index contributed by atoms with van der Waals surface area (Å²) in [4.78, 5) is 46.6. The van der Waals surface area contributed by atoms with Crippen molar-refractivity contribution in [3.63, 3.8) is 0 Å². The number of para-hydroxylation sites is 1. The zero-order valence-electron chi connectivity index (χ0n) is 22.3. The predicted molar refractivity (Wildman–Crippen MR) is 158 cm³/mol. The van der Waals surface area contributed by atoms with Crippen LogP contribution in [0.1, 0.15) is 38.4 Å². The van der Waals surface area contributed by atoms with Crippen LogP contribution >= 0.6 is 11.6 Å². The molecule has 4 aromatic carbocycles. The first-order chi connectivity index (χ1) is 19.9. The fraction of sp³-hybridized carbons (Fsp3) is 0.147. The minimum atomic E-state index is -1.65. The van der Waals surface area contributed by atoms with Gasteiger partial charge in [-0.1, -0.05) is 83.9 Å². The van der Waals surface area contributed by atoms with E-state index in [2.05, 4.69) is 0 Å². The molecule has 1 atom stereocenters. The zero-order valence-corrected chi connectivity index (χ0v) is 23.0. The lowest BCUT2D eigenvalue weighted by atomic mass is 9.83. The Morgan fingerprint density at radius 2 is 1.56 bits per heavy atom. The minimum absolute atomic E-state index is 0.0732. The van der Waals surface area contributed by atoms with Crippen molar-refractivity contribution in [2.24, 2.45) is 0 Å². The second-order valence-corrected chi connectivity index (χ2v) is 11.0. The zero-order chi connectivity index (χ0) is 28.3. The third-order valence-corrected chi connectivity index (χ3v) is 8.36. The van der Waals surface area contributed by atoms with Crippen LogP contribution in [0, 0.1) is 6.92 Å². The van der Waals surface area contributed by atoms with Crippen LogP contribution < -0.4 is 10.3 Å². The van der Waals surface area contributed by atoms with Gasteiger partial charge in [0.2, 0.25) is 5.76 Å². The van der Waals surface area contributed by atoms with E-state index in [0.717, 1.165) is 16.7 Å². The molecule has 202 valence electrons. The molecule has 41 heavy (non-hydrogen) atoms. The number of halogens is 1. The minimum Gasteiger partial charge on any atom is -0.450 e. The number of anilines is 1. The van der Waals surface area contributed by atoms with Gasteiger partial charge in [-0.25, -0.2) is 0 Å². The smallest absolute Gasteiger partial charge is 0.291 e. The van der Waals surface area contributed by atoms with Gasteiger partial charge in [-0.15, -0.1) is 0 Å². The van der Waals surface area contributed by atoms with Crippen LogP contribution in [-0.4, -0.2) is 23.3 Å². The third kappa shape index (κ3) is 3.75. The number of hydrogen-bond donors (Lipinski definition) is 0. The van der Waals surface area contributed by atoms with Crippen molar-refractivity contribution in [3.05, 3.63) is 146 Å². The van der Waals surface area contributed by atoms with E-state index in [9.17, 15) is 14.4 Å². The first-order valence-corrected chi connectivity index (χ1v) is 13.9. The molecule has 2 amide bonds. The van der Waals surface area contributed by atoms with Crippen molar-refractivity contribution in [1.29, 1.82) is 0 Å². The maximum absolute atomic E-state index is 14.9. The van der Waals surface area contributed by atoms with E-state index in [1.807, 2.05) is 79.7 Å². The second-order valence-electron chi connectivity index (χ2n) is 10.6. The molecule has 0 saturated carbocycles. The van der Waals surface area contributed by atoms with Crippen molar-refractivity contribution >= 4 is 40.1 Å². The van der Waals surface area contributed by atoms with Crippen LogP contribution in [0.5, 0.6) is 0 Å². The lowest BCUT2D eigenvalue weighted by Gasteiger charge is -2.34. The van der Waals surface area contributed by atoms with Crippen LogP contribution in [0.2, 0.25) is 5.02 Å². The van der Waals surface area contributed by atoms with Crippen LogP contribution in [0.15, 0.2) is 106 Å². The standard InChI is InChI=1S/C34H25ClN2O4/c1-21-11-16-28-25(19-21)30(38)29-31(41-28)32(39)37(18-17-22-7-3-2-4-8-22)34(29)26-9-5-6-10-27(26)36(33(34)40)20-23-12-14-24(35)15-13-23/h2-16,19H,17-18,20H2,1H3. The number of carbonyl (C=O) groups excluding carboxylic acids is 2. The molecular formula is C34H25ClN2O4. The number of carbonyl (C=O) groups is 2. The van der Waals surface area contributed by atoms with Crippen LogP contribution in [0.25, 0.3) is 11.0 Å². The highest BCUT2D eigenvalue weighted by molar-refractivity contribution is 6.30. The Bertz CT molecular complexity index is 1920. The van der Waals surface area contributed by atoms with Gasteiger partial charge in [-0.3, -0.25) is 14.4 Å². The Kier molecular flexibility index (Phi) is 5.84. The van der Waals surface area contributed by atoms with Gasteiger partial charge in [-0.2, -0.15) is 0 Å². The first-order valence-electron chi connectivity index (χ1n) is 13.5. The Balaban J connectivity index is 1.47. The average molecular weight is 561 g/mol. The molecule has 0 saturated heterocycles. The average Bonchev–Trinajstić information content (AvgIpc) is 3.38. The summed E-state index contributed by atoms with van der Waals surface area (Å²) in [6.07, 6.45) is 0.502. The molecule has 3 heterocycles. The highest BCUT2D eigenvalue weighted by Crippen LogP contribution is 2.53. The maximum atomic E-state index is 14.9. The molecule has 1 spiro atoms. The molecule has 7 rings (SSSR count). The van der Waals surface area contributed by atoms with Crippen molar-refractivity contribution in [1.82, 2.24) is 4.90 Å². The summed E-state index contributed by atoms with van der Waals surface area (Å²) in [6, 6.07) is 29.8. The number of fused-ring (bicyclic) bond motifs is 5. The molecule has 2 aliphatic rings. The molecule has 2 aliphatic heterocycles. The topological polar surface area (TPSA) is 70.8 Å². The van der Waals surface area contributed by atoms with Gasteiger partial charge < -0.3 is 14.2 Å². The number of nitrogens with zero attached hydrogens (tertiary/aromatic N) is 2. The number of hydrogen-bond acceptors (Lipinski definition) is 4. The summed E-state index contributed by atoms with van der Waals surface area (Å²) < 4.78 is 6.17. The quantitative estimate of drug-likeness (QED) is 0.255.